The summed E-state index contributed by atoms with van der Waals surface area (Å²) in [5.74, 6) is 2.51. The van der Waals surface area contributed by atoms with Crippen LogP contribution in [0.25, 0.3) is 0 Å². The summed E-state index contributed by atoms with van der Waals surface area (Å²) in [7, 11) is 5.21. The quantitative estimate of drug-likeness (QED) is 0.540. The van der Waals surface area contributed by atoms with E-state index in [-0.39, 0.29) is 0 Å². The van der Waals surface area contributed by atoms with E-state index in [1.807, 2.05) is 13.1 Å². The third kappa shape index (κ3) is 5.59. The van der Waals surface area contributed by atoms with Crippen LogP contribution in [-0.4, -0.2) is 46.4 Å². The molecule has 162 valence electrons. The van der Waals surface area contributed by atoms with Crippen molar-refractivity contribution in [1.29, 1.82) is 0 Å². The number of rotatable bonds is 7. The van der Waals surface area contributed by atoms with Crippen LogP contribution in [0.1, 0.15) is 30.9 Å². The first kappa shape index (κ1) is 21.8. The maximum atomic E-state index is 5.41. The van der Waals surface area contributed by atoms with E-state index in [0.29, 0.717) is 6.04 Å². The molecule has 1 fully saturated rings. The van der Waals surface area contributed by atoms with Gasteiger partial charge in [0.05, 0.1) is 14.2 Å². The molecule has 2 N–H and O–H groups in total. The maximum Gasteiger partial charge on any atom is 0.191 e. The highest BCUT2D eigenvalue weighted by Crippen LogP contribution is 2.30. The third-order valence-corrected chi connectivity index (χ3v) is 5.71. The van der Waals surface area contributed by atoms with Crippen LogP contribution in [0.2, 0.25) is 0 Å². The summed E-state index contributed by atoms with van der Waals surface area (Å²) in [6, 6.07) is 15.0. The number of guanidine groups is 1. The number of benzene rings is 2. The monoisotopic (exact) mass is 410 g/mol. The molecule has 0 saturated carbocycles. The van der Waals surface area contributed by atoms with Gasteiger partial charge in [-0.25, -0.2) is 0 Å². The lowest BCUT2D eigenvalue weighted by atomic mass is 10.0. The fraction of sp³-hybridized carbons (Fsp3) is 0.458. The lowest BCUT2D eigenvalue weighted by Crippen LogP contribution is -2.48. The van der Waals surface area contributed by atoms with E-state index >= 15 is 0 Å². The van der Waals surface area contributed by atoms with Crippen molar-refractivity contribution in [3.63, 3.8) is 0 Å². The first-order chi connectivity index (χ1) is 14.7. The number of aliphatic imine (C=N–C) groups is 1. The summed E-state index contributed by atoms with van der Waals surface area (Å²) in [5.41, 5.74) is 3.84. The van der Waals surface area contributed by atoms with Crippen LogP contribution < -0.4 is 25.0 Å². The van der Waals surface area contributed by atoms with Crippen molar-refractivity contribution in [2.75, 3.05) is 39.3 Å². The number of nitrogens with one attached hydrogen (secondary N) is 2. The molecule has 2 aromatic carbocycles. The van der Waals surface area contributed by atoms with Gasteiger partial charge in [-0.3, -0.25) is 4.99 Å². The highest BCUT2D eigenvalue weighted by atomic mass is 16.5. The lowest BCUT2D eigenvalue weighted by Gasteiger charge is -2.34. The summed E-state index contributed by atoms with van der Waals surface area (Å²) in [5, 5.41) is 7.07. The molecular formula is C24H34N4O2. The van der Waals surface area contributed by atoms with Crippen molar-refractivity contribution in [2.45, 2.75) is 38.8 Å². The number of hydrogen-bond donors (Lipinski definition) is 2. The van der Waals surface area contributed by atoms with Gasteiger partial charge in [-0.2, -0.15) is 0 Å². The van der Waals surface area contributed by atoms with Crippen molar-refractivity contribution in [3.8, 4) is 11.5 Å². The van der Waals surface area contributed by atoms with Gasteiger partial charge in [-0.1, -0.05) is 31.2 Å². The Morgan fingerprint density at radius 3 is 2.23 bits per heavy atom. The molecule has 0 spiro atoms. The van der Waals surface area contributed by atoms with Gasteiger partial charge in [0.25, 0.3) is 0 Å². The topological polar surface area (TPSA) is 58.1 Å². The molecule has 1 aliphatic heterocycles. The van der Waals surface area contributed by atoms with Crippen LogP contribution in [0, 0.1) is 0 Å². The fourth-order valence-corrected chi connectivity index (χ4v) is 3.90. The Balaban J connectivity index is 1.53. The van der Waals surface area contributed by atoms with Gasteiger partial charge < -0.3 is 25.0 Å². The van der Waals surface area contributed by atoms with Gasteiger partial charge in [0.2, 0.25) is 0 Å². The Morgan fingerprint density at radius 1 is 1.03 bits per heavy atom. The molecule has 30 heavy (non-hydrogen) atoms. The van der Waals surface area contributed by atoms with Crippen molar-refractivity contribution in [2.24, 2.45) is 4.99 Å². The van der Waals surface area contributed by atoms with Gasteiger partial charge in [0.1, 0.15) is 11.5 Å². The smallest absolute Gasteiger partial charge is 0.191 e. The van der Waals surface area contributed by atoms with Gasteiger partial charge in [0.15, 0.2) is 5.96 Å². The molecule has 3 rings (SSSR count). The molecule has 0 radical (unpaired) electrons. The molecule has 6 nitrogen and oxygen atoms in total. The molecule has 1 aliphatic rings. The predicted molar refractivity (Wildman–Crippen MR) is 124 cm³/mol. The zero-order valence-electron chi connectivity index (χ0n) is 18.6. The Bertz CT molecular complexity index is 823. The number of hydrogen-bond acceptors (Lipinski definition) is 4. The molecular weight excluding hydrogens is 376 g/mol. The lowest BCUT2D eigenvalue weighted by molar-refractivity contribution is 0.393. The summed E-state index contributed by atoms with van der Waals surface area (Å²) < 4.78 is 10.8. The van der Waals surface area contributed by atoms with Crippen LogP contribution >= 0.6 is 0 Å². The van der Waals surface area contributed by atoms with Crippen LogP contribution in [0.5, 0.6) is 11.5 Å². The second-order valence-electron chi connectivity index (χ2n) is 7.52. The van der Waals surface area contributed by atoms with E-state index in [9.17, 15) is 0 Å². The van der Waals surface area contributed by atoms with Gasteiger partial charge in [-0.05, 0) is 30.4 Å². The SMILES string of the molecule is CCc1ccccc1CNC(=NC)NC1CCN(c2cc(OC)cc(OC)c2)CC1. The Morgan fingerprint density at radius 2 is 1.67 bits per heavy atom. The third-order valence-electron chi connectivity index (χ3n) is 5.71. The minimum absolute atomic E-state index is 0.404. The standard InChI is InChI=1S/C24H34N4O2/c1-5-18-8-6-7-9-19(18)17-26-24(25-2)27-20-10-12-28(13-11-20)21-14-22(29-3)16-23(15-21)30-4/h6-9,14-16,20H,5,10-13,17H2,1-4H3,(H2,25,26,27). The molecule has 0 aromatic heterocycles. The molecule has 0 unspecified atom stereocenters. The second kappa shape index (κ2) is 10.8. The van der Waals surface area contributed by atoms with Gasteiger partial charge >= 0.3 is 0 Å². The highest BCUT2D eigenvalue weighted by Gasteiger charge is 2.21. The second-order valence-corrected chi connectivity index (χ2v) is 7.52. The van der Waals surface area contributed by atoms with Gasteiger partial charge in [0, 0.05) is 56.6 Å². The van der Waals surface area contributed by atoms with E-state index in [0.717, 1.165) is 62.0 Å². The first-order valence-electron chi connectivity index (χ1n) is 10.7. The van der Waals surface area contributed by atoms with E-state index < -0.39 is 0 Å². The predicted octanol–water partition coefficient (Wildman–Crippen LogP) is 3.60. The minimum atomic E-state index is 0.404. The van der Waals surface area contributed by atoms with Crippen LogP contribution in [-0.2, 0) is 13.0 Å². The number of methoxy groups -OCH3 is 2. The molecule has 0 amide bonds. The molecule has 0 aliphatic carbocycles. The molecule has 1 heterocycles. The Hall–Kier alpha value is -2.89. The zero-order valence-corrected chi connectivity index (χ0v) is 18.6. The molecule has 2 aromatic rings. The average Bonchev–Trinajstić information content (AvgIpc) is 2.81. The first-order valence-corrected chi connectivity index (χ1v) is 10.7. The molecule has 0 bridgehead atoms. The maximum absolute atomic E-state index is 5.41. The number of aryl methyl sites for hydroxylation is 1. The number of anilines is 1. The van der Waals surface area contributed by atoms with E-state index in [2.05, 4.69) is 63.8 Å². The Kier molecular flexibility index (Phi) is 7.82. The average molecular weight is 411 g/mol. The Labute approximate surface area is 180 Å². The normalized spacial score (nSPS) is 15.1. The van der Waals surface area contributed by atoms with E-state index in [1.54, 1.807) is 14.2 Å². The van der Waals surface area contributed by atoms with Crippen LogP contribution in [0.3, 0.4) is 0 Å². The minimum Gasteiger partial charge on any atom is -0.497 e. The number of nitrogens with zero attached hydrogens (tertiary/aromatic N) is 2. The number of piperidine rings is 1. The van der Waals surface area contributed by atoms with Crippen molar-refractivity contribution in [3.05, 3.63) is 53.6 Å². The fourth-order valence-electron chi connectivity index (χ4n) is 3.90. The molecule has 0 atom stereocenters. The zero-order chi connectivity index (χ0) is 21.3. The highest BCUT2D eigenvalue weighted by molar-refractivity contribution is 5.80. The molecule has 6 heteroatoms. The van der Waals surface area contributed by atoms with Crippen molar-refractivity contribution in [1.82, 2.24) is 10.6 Å². The molecule has 1 saturated heterocycles. The largest absolute Gasteiger partial charge is 0.497 e. The van der Waals surface area contributed by atoms with E-state index in [4.69, 9.17) is 9.47 Å². The number of ether oxygens (including phenoxy) is 2. The summed E-state index contributed by atoms with van der Waals surface area (Å²) in [4.78, 5) is 6.81. The summed E-state index contributed by atoms with van der Waals surface area (Å²) in [6.07, 6.45) is 3.13. The van der Waals surface area contributed by atoms with Crippen molar-refractivity contribution >= 4 is 11.6 Å². The van der Waals surface area contributed by atoms with E-state index in [1.165, 1.54) is 11.1 Å². The van der Waals surface area contributed by atoms with Crippen LogP contribution in [0.15, 0.2) is 47.5 Å². The van der Waals surface area contributed by atoms with Crippen molar-refractivity contribution < 1.29 is 9.47 Å². The van der Waals surface area contributed by atoms with Gasteiger partial charge in [-0.15, -0.1) is 0 Å². The van der Waals surface area contributed by atoms with Crippen LogP contribution in [0.4, 0.5) is 5.69 Å². The summed E-state index contributed by atoms with van der Waals surface area (Å²) in [6.45, 7) is 4.93. The summed E-state index contributed by atoms with van der Waals surface area (Å²) >= 11 is 0.